The van der Waals surface area contributed by atoms with E-state index < -0.39 is 7.49 Å². The molecule has 0 bridgehead atoms. The molecule has 0 aliphatic carbocycles. The minimum atomic E-state index is -2.50. The molecule has 165 valence electrons. The second-order valence-electron chi connectivity index (χ2n) is 9.89. The van der Waals surface area contributed by atoms with Gasteiger partial charge in [-0.25, -0.2) is 0 Å². The van der Waals surface area contributed by atoms with Crippen LogP contribution in [0.2, 0.25) is 0 Å². The maximum Gasteiger partial charge on any atom is 0.0935 e. The first-order chi connectivity index (χ1) is 15.1. The number of hydrogen-bond acceptors (Lipinski definition) is 2. The molecule has 0 unspecified atom stereocenters. The lowest BCUT2D eigenvalue weighted by molar-refractivity contribution is 0.151. The van der Waals surface area contributed by atoms with Gasteiger partial charge in [0.1, 0.15) is 0 Å². The smallest absolute Gasteiger partial charge is 0.0935 e. The Morgan fingerprint density at radius 1 is 0.656 bits per heavy atom. The van der Waals surface area contributed by atoms with Crippen LogP contribution in [0.1, 0.15) is 43.0 Å². The highest BCUT2D eigenvalue weighted by Gasteiger charge is 2.41. The fourth-order valence-electron chi connectivity index (χ4n) is 4.49. The van der Waals surface area contributed by atoms with Crippen LogP contribution in [-0.2, 0) is 4.52 Å². The first-order valence-corrected chi connectivity index (χ1v) is 12.9. The summed E-state index contributed by atoms with van der Waals surface area (Å²) in [5.74, 6) is 0. The van der Waals surface area contributed by atoms with Crippen molar-refractivity contribution >= 4 is 34.3 Å². The van der Waals surface area contributed by atoms with E-state index in [-0.39, 0.29) is 5.60 Å². The Balaban J connectivity index is 2.14. The molecular weight excluding hydrogens is 409 g/mol. The maximum absolute atomic E-state index is 7.20. The maximum atomic E-state index is 7.20. The summed E-state index contributed by atoms with van der Waals surface area (Å²) in [6.45, 7) is 15.1. The Morgan fingerprint density at radius 2 is 1.12 bits per heavy atom. The molecule has 1 heterocycles. The Kier molecular flexibility index (Phi) is 5.96. The van der Waals surface area contributed by atoms with E-state index in [0.717, 1.165) is 10.8 Å². The van der Waals surface area contributed by atoms with Gasteiger partial charge in [0.2, 0.25) is 0 Å². The molecule has 0 saturated heterocycles. The standard InChI is InChI=1S/C29H33NOP/c1-20-12-21(2)15-26(14-20)32(31-29(5,6)7,27-16-22(3)13-23(4)17-27)28-18-24-10-8-9-11-25(24)19-30-28/h8-19H,1-7H3. The largest absolute Gasteiger partial charge is 0.345 e. The van der Waals surface area contributed by atoms with Crippen molar-refractivity contribution in [1.82, 2.24) is 4.98 Å². The summed E-state index contributed by atoms with van der Waals surface area (Å²) in [6.07, 6.45) is 2.00. The summed E-state index contributed by atoms with van der Waals surface area (Å²) in [7, 11) is -2.50. The third-order valence-corrected chi connectivity index (χ3v) is 9.17. The van der Waals surface area contributed by atoms with Crippen LogP contribution in [0, 0.1) is 27.7 Å². The molecule has 0 atom stereocenters. The van der Waals surface area contributed by atoms with Crippen LogP contribution in [0.4, 0.5) is 0 Å². The molecule has 0 spiro atoms. The molecule has 0 aliphatic heterocycles. The van der Waals surface area contributed by atoms with E-state index in [4.69, 9.17) is 9.51 Å². The highest BCUT2D eigenvalue weighted by molar-refractivity contribution is 7.91. The van der Waals surface area contributed by atoms with E-state index in [1.807, 2.05) is 6.20 Å². The fraction of sp³-hybridized carbons (Fsp3) is 0.276. The molecule has 32 heavy (non-hydrogen) atoms. The number of nitrogens with zero attached hydrogens (tertiary/aromatic N) is 1. The van der Waals surface area contributed by atoms with Crippen LogP contribution < -0.4 is 16.0 Å². The van der Waals surface area contributed by atoms with Crippen molar-refractivity contribution in [3.63, 3.8) is 0 Å². The van der Waals surface area contributed by atoms with Gasteiger partial charge in [-0.05, 0) is 84.2 Å². The molecular formula is C29H33NOP. The molecule has 0 N–H and O–H groups in total. The van der Waals surface area contributed by atoms with Gasteiger partial charge in [0.05, 0.1) is 18.5 Å². The van der Waals surface area contributed by atoms with Crippen molar-refractivity contribution in [3.8, 4) is 0 Å². The van der Waals surface area contributed by atoms with E-state index in [0.29, 0.717) is 0 Å². The summed E-state index contributed by atoms with van der Waals surface area (Å²) in [4.78, 5) is 5.06. The molecule has 0 fully saturated rings. The summed E-state index contributed by atoms with van der Waals surface area (Å²) >= 11 is 0. The molecule has 1 aromatic heterocycles. The zero-order valence-electron chi connectivity index (χ0n) is 20.2. The van der Waals surface area contributed by atoms with Gasteiger partial charge in [0, 0.05) is 22.2 Å². The van der Waals surface area contributed by atoms with Crippen LogP contribution in [0.15, 0.2) is 72.9 Å². The lowest BCUT2D eigenvalue weighted by Crippen LogP contribution is -2.39. The lowest BCUT2D eigenvalue weighted by Gasteiger charge is -2.42. The van der Waals surface area contributed by atoms with E-state index >= 15 is 0 Å². The third kappa shape index (κ3) is 4.49. The number of benzene rings is 3. The third-order valence-electron chi connectivity index (χ3n) is 5.49. The highest BCUT2D eigenvalue weighted by atomic mass is 31.2. The molecule has 0 aliphatic rings. The average molecular weight is 443 g/mol. The molecule has 0 amide bonds. The molecule has 4 aromatic rings. The summed E-state index contributed by atoms with van der Waals surface area (Å²) in [6, 6.07) is 24.3. The van der Waals surface area contributed by atoms with Crippen molar-refractivity contribution < 1.29 is 4.52 Å². The van der Waals surface area contributed by atoms with Gasteiger partial charge < -0.3 is 4.52 Å². The van der Waals surface area contributed by atoms with E-state index in [9.17, 15) is 0 Å². The molecule has 3 heteroatoms. The topological polar surface area (TPSA) is 22.1 Å². The van der Waals surface area contributed by atoms with Crippen LogP contribution >= 0.6 is 7.49 Å². The van der Waals surface area contributed by atoms with Crippen LogP contribution in [0.25, 0.3) is 10.8 Å². The van der Waals surface area contributed by atoms with Gasteiger partial charge in [-0.1, -0.05) is 58.7 Å². The number of aromatic nitrogens is 1. The first kappa shape index (κ1) is 22.6. The Hall–Kier alpha value is -2.54. The molecule has 0 saturated carbocycles. The number of pyridine rings is 1. The molecule has 4 rings (SSSR count). The molecule has 1 radical (unpaired) electrons. The Morgan fingerprint density at radius 3 is 1.59 bits per heavy atom. The van der Waals surface area contributed by atoms with Gasteiger partial charge in [-0.15, -0.1) is 0 Å². The van der Waals surface area contributed by atoms with Crippen molar-refractivity contribution in [2.24, 2.45) is 0 Å². The average Bonchev–Trinajstić information content (AvgIpc) is 2.69. The number of rotatable bonds is 4. The predicted octanol–water partition coefficient (Wildman–Crippen LogP) is 6.49. The minimum absolute atomic E-state index is 0.351. The van der Waals surface area contributed by atoms with Gasteiger partial charge in [-0.2, -0.15) is 0 Å². The number of aryl methyl sites for hydroxylation is 4. The monoisotopic (exact) mass is 442 g/mol. The Labute approximate surface area is 193 Å². The highest BCUT2D eigenvalue weighted by Crippen LogP contribution is 2.59. The summed E-state index contributed by atoms with van der Waals surface area (Å²) in [5.41, 5.74) is 5.63. The van der Waals surface area contributed by atoms with Crippen LogP contribution in [0.3, 0.4) is 0 Å². The normalized spacial score (nSPS) is 12.3. The van der Waals surface area contributed by atoms with Crippen LogP contribution in [0.5, 0.6) is 0 Å². The van der Waals surface area contributed by atoms with Crippen molar-refractivity contribution in [2.75, 3.05) is 0 Å². The SMILES string of the molecule is Cc1cc(C)cc([P](OC(C)(C)C)(c2cc(C)cc(C)c2)c2cc3ccccc3cn2)c1. The summed E-state index contributed by atoms with van der Waals surface area (Å²) in [5, 5.41) is 4.77. The van der Waals surface area contributed by atoms with Crippen molar-refractivity contribution in [1.29, 1.82) is 0 Å². The second-order valence-corrected chi connectivity index (χ2v) is 12.8. The van der Waals surface area contributed by atoms with E-state index in [1.54, 1.807) is 0 Å². The van der Waals surface area contributed by atoms with Gasteiger partial charge in [0.15, 0.2) is 0 Å². The zero-order chi connectivity index (χ0) is 23.1. The minimum Gasteiger partial charge on any atom is -0.345 e. The Bertz CT molecular complexity index is 1190. The second kappa shape index (κ2) is 8.43. The van der Waals surface area contributed by atoms with E-state index in [2.05, 4.69) is 115 Å². The molecule has 3 aromatic carbocycles. The van der Waals surface area contributed by atoms with Gasteiger partial charge in [0.25, 0.3) is 0 Å². The van der Waals surface area contributed by atoms with Gasteiger partial charge in [-0.3, -0.25) is 4.98 Å². The van der Waals surface area contributed by atoms with Crippen LogP contribution in [-0.4, -0.2) is 10.6 Å². The quantitative estimate of drug-likeness (QED) is 0.337. The fourth-order valence-corrected chi connectivity index (χ4v) is 8.52. The van der Waals surface area contributed by atoms with E-state index in [1.165, 1.54) is 38.2 Å². The van der Waals surface area contributed by atoms with Crippen molar-refractivity contribution in [2.45, 2.75) is 54.1 Å². The van der Waals surface area contributed by atoms with Crippen molar-refractivity contribution in [3.05, 3.63) is 95.2 Å². The first-order valence-electron chi connectivity index (χ1n) is 11.2. The molecule has 2 nitrogen and oxygen atoms in total. The number of fused-ring (bicyclic) bond motifs is 1. The van der Waals surface area contributed by atoms with Gasteiger partial charge >= 0.3 is 0 Å². The predicted molar refractivity (Wildman–Crippen MR) is 140 cm³/mol. The summed E-state index contributed by atoms with van der Waals surface area (Å²) < 4.78 is 7.20. The lowest BCUT2D eigenvalue weighted by atomic mass is 10.2. The zero-order valence-corrected chi connectivity index (χ0v) is 21.1. The number of hydrogen-bond donors (Lipinski definition) is 0.